The van der Waals surface area contributed by atoms with E-state index in [2.05, 4.69) is 25.5 Å². The first-order valence-corrected chi connectivity index (χ1v) is 13.1. The second-order valence-electron chi connectivity index (χ2n) is 8.83. The van der Waals surface area contributed by atoms with Crippen molar-refractivity contribution in [3.05, 3.63) is 39.4 Å². The molecule has 2 saturated heterocycles. The van der Waals surface area contributed by atoms with Gasteiger partial charge in [-0.3, -0.25) is 14.3 Å². The molecule has 0 spiro atoms. The molecule has 1 radical (unpaired) electrons. The zero-order valence-electron chi connectivity index (χ0n) is 20.4. The van der Waals surface area contributed by atoms with Gasteiger partial charge in [-0.15, -0.1) is 0 Å². The van der Waals surface area contributed by atoms with Crippen molar-refractivity contribution in [2.24, 2.45) is 0 Å². The summed E-state index contributed by atoms with van der Waals surface area (Å²) in [5, 5.41) is 41.6. The molecule has 0 aromatic carbocycles. The summed E-state index contributed by atoms with van der Waals surface area (Å²) in [6.45, 7) is -1.37. The number of aliphatic hydroxyl groups excluding tert-OH is 4. The number of hydrogen-bond donors (Lipinski definition) is 7. The molecule has 5 heterocycles. The fourth-order valence-corrected chi connectivity index (χ4v) is 5.50. The van der Waals surface area contributed by atoms with Gasteiger partial charge in [-0.05, 0) is 9.62 Å². The Labute approximate surface area is 223 Å². The van der Waals surface area contributed by atoms with Crippen LogP contribution in [-0.4, -0.2) is 102 Å². The van der Waals surface area contributed by atoms with Crippen LogP contribution in [0.1, 0.15) is 6.23 Å². The number of quaternary nitrogens is 1. The van der Waals surface area contributed by atoms with Crippen molar-refractivity contribution < 1.29 is 54.4 Å². The van der Waals surface area contributed by atoms with Crippen LogP contribution in [0.25, 0.3) is 0 Å². The van der Waals surface area contributed by atoms with E-state index in [-0.39, 0.29) is 17.3 Å². The molecule has 10 N–H and O–H groups in total. The lowest BCUT2D eigenvalue weighted by Crippen LogP contribution is -2.53. The fraction of sp³-hybridized carbons (Fsp3) is 0.526. The number of H-pyrrole nitrogens is 1. The largest absolute Gasteiger partial charge is 0.601 e. The maximum atomic E-state index is 13.3. The normalized spacial score (nSPS) is 32.9. The number of nitrogens with two attached hydrogens (primary N) is 1. The van der Waals surface area contributed by atoms with Crippen molar-refractivity contribution in [2.45, 2.75) is 49.1 Å². The number of ether oxygens (including phenoxy) is 2. The molecule has 1 unspecified atom stereocenters. The number of nitrogen functional groups attached to an aromatic ring is 1. The maximum absolute atomic E-state index is 13.3. The average Bonchev–Trinajstić information content (AvgIpc) is 3.58. The number of phosphoric ester groups is 1. The summed E-state index contributed by atoms with van der Waals surface area (Å²) in [7, 11) is -4.62. The maximum Gasteiger partial charge on any atom is 0.449 e. The summed E-state index contributed by atoms with van der Waals surface area (Å²) in [4.78, 5) is 52.0. The van der Waals surface area contributed by atoms with Crippen LogP contribution in [-0.2, 0) is 23.1 Å². The van der Waals surface area contributed by atoms with Crippen molar-refractivity contribution in [2.75, 3.05) is 23.8 Å². The molecule has 0 saturated carbocycles. The average molecular weight is 589 g/mol. The summed E-state index contributed by atoms with van der Waals surface area (Å²) in [6.07, 6.45) is -7.98. The molecule has 3 aliphatic rings. The molecule has 0 amide bonds. The lowest BCUT2D eigenvalue weighted by Gasteiger charge is -2.26. The second-order valence-corrected chi connectivity index (χ2v) is 10.4. The van der Waals surface area contributed by atoms with Gasteiger partial charge in [-0.2, -0.15) is 24.8 Å². The number of aliphatic imine (C=N–C) groups is 1. The standard InChI is InChI=1S/C19H25N8O12P/c20-15-10-16(23-5-22-15)27(6-24-10)18-13(32)14(7(3-28)36-18)38-40(34,39-21)35-4-8-11(30)12(31)17(37-8)26-2-1-9(29)25-19(26)33/h1-2,5-8,11-14,17-18,28,30-32H,3-4H2,21H3,(H2-,20,22,23,25,29,33)/q+1/p+1/t7-,8-,11-,12-,13-,14-,17-,18-,40?/m1/s1. The summed E-state index contributed by atoms with van der Waals surface area (Å²) < 4.78 is 27.4. The Hall–Kier alpha value is -2.98. The molecule has 2 aromatic rings. The van der Waals surface area contributed by atoms with E-state index in [1.54, 1.807) is 0 Å². The topological polar surface area (TPSA) is 302 Å². The van der Waals surface area contributed by atoms with E-state index in [1.807, 2.05) is 4.98 Å². The molecule has 2 aromatic heterocycles. The zero-order chi connectivity index (χ0) is 28.8. The molecule has 3 aliphatic heterocycles. The number of nitrogens with one attached hydrogen (secondary N) is 1. The molecule has 2 fully saturated rings. The van der Waals surface area contributed by atoms with E-state index >= 15 is 0 Å². The highest BCUT2D eigenvalue weighted by molar-refractivity contribution is 7.53. The van der Waals surface area contributed by atoms with E-state index in [0.717, 1.165) is 16.8 Å². The molecule has 40 heavy (non-hydrogen) atoms. The van der Waals surface area contributed by atoms with Gasteiger partial charge >= 0.3 is 13.9 Å². The highest BCUT2D eigenvalue weighted by Gasteiger charge is 2.58. The number of hydrogen-bond acceptors (Lipinski definition) is 17. The number of fused-ring (bicyclic) bond motifs is 1. The van der Waals surface area contributed by atoms with Gasteiger partial charge in [-0.1, -0.05) is 0 Å². The Balaban J connectivity index is 1.27. The number of nitrogens with zero attached hydrogens (tertiary/aromatic N) is 5. The van der Waals surface area contributed by atoms with Crippen LogP contribution in [0.15, 0.2) is 28.2 Å². The van der Waals surface area contributed by atoms with E-state index < -0.39 is 81.7 Å². The van der Waals surface area contributed by atoms with Gasteiger partial charge in [0.15, 0.2) is 24.3 Å². The van der Waals surface area contributed by atoms with Crippen molar-refractivity contribution in [1.82, 2.24) is 24.5 Å². The molecule has 0 aliphatic carbocycles. The lowest BCUT2D eigenvalue weighted by molar-refractivity contribution is -0.656. The van der Waals surface area contributed by atoms with Crippen molar-refractivity contribution in [3.63, 3.8) is 0 Å². The Morgan fingerprint density at radius 1 is 1.18 bits per heavy atom. The number of aromatic amines is 1. The summed E-state index contributed by atoms with van der Waals surface area (Å²) in [5.74, 6) is 3.38. The van der Waals surface area contributed by atoms with Crippen LogP contribution in [0.4, 0.5) is 17.3 Å². The molecule has 5 rings (SSSR count). The van der Waals surface area contributed by atoms with Crippen molar-refractivity contribution in [3.8, 4) is 0 Å². The molecule has 0 bridgehead atoms. The third-order valence-corrected chi connectivity index (χ3v) is 7.70. The van der Waals surface area contributed by atoms with E-state index in [4.69, 9.17) is 24.3 Å². The first kappa shape index (κ1) is 28.5. The molecule has 20 nitrogen and oxygen atoms in total. The van der Waals surface area contributed by atoms with Gasteiger partial charge in [-0.25, -0.2) is 9.78 Å². The van der Waals surface area contributed by atoms with Crippen LogP contribution < -0.4 is 37.7 Å². The molecule has 9 atom stereocenters. The Bertz CT molecular complexity index is 1380. The first-order chi connectivity index (χ1) is 19.1. The number of rotatable bonds is 9. The first-order valence-electron chi connectivity index (χ1n) is 11.6. The second kappa shape index (κ2) is 11.1. The monoisotopic (exact) mass is 589 g/mol. The van der Waals surface area contributed by atoms with E-state index in [1.165, 1.54) is 17.6 Å². The molecular formula is C19H26N8O12P+2. The SMILES string of the molecule is Nc1ncnc2c1[N+]=CN2[C@@H]1O[C@H](CO)[C@@H](O[P+]([O-])(O[NH3+])OC[C@H]2O[C@@H](n3ccc(=O)[nH]c3=O)[C@H](O)[C@@H]2O)[C@H]1O. The highest BCUT2D eigenvalue weighted by Crippen LogP contribution is 2.55. The Morgan fingerprint density at radius 3 is 2.62 bits per heavy atom. The fourth-order valence-electron chi connectivity index (χ4n) is 4.42. The van der Waals surface area contributed by atoms with Crippen LogP contribution >= 0.6 is 8.17 Å². The minimum atomic E-state index is -4.62. The third kappa shape index (κ3) is 5.11. The molecular weight excluding hydrogens is 563 g/mol. The van der Waals surface area contributed by atoms with Crippen LogP contribution in [0, 0.1) is 0 Å². The van der Waals surface area contributed by atoms with E-state index in [9.17, 15) is 34.9 Å². The highest BCUT2D eigenvalue weighted by atomic mass is 31.2. The Morgan fingerprint density at radius 2 is 1.93 bits per heavy atom. The van der Waals surface area contributed by atoms with Crippen LogP contribution in [0.3, 0.4) is 0 Å². The Kier molecular flexibility index (Phi) is 7.94. The summed E-state index contributed by atoms with van der Waals surface area (Å²) >= 11 is 0. The lowest BCUT2D eigenvalue weighted by atomic mass is 10.1. The zero-order valence-corrected chi connectivity index (χ0v) is 21.3. The van der Waals surface area contributed by atoms with Gasteiger partial charge in [0.2, 0.25) is 6.23 Å². The quantitative estimate of drug-likeness (QED) is 0.106. The van der Waals surface area contributed by atoms with E-state index in [0.29, 0.717) is 0 Å². The van der Waals surface area contributed by atoms with Gasteiger partial charge in [0.1, 0.15) is 37.4 Å². The smallest absolute Gasteiger partial charge is 0.449 e. The minimum Gasteiger partial charge on any atom is -0.601 e. The molecule has 21 heteroatoms. The minimum absolute atomic E-state index is 0.0835. The number of anilines is 2. The number of phosphoric acid groups is 1. The third-order valence-electron chi connectivity index (χ3n) is 6.42. The van der Waals surface area contributed by atoms with Crippen molar-refractivity contribution in [1.29, 1.82) is 0 Å². The predicted octanol–water partition coefficient (Wildman–Crippen LogP) is -6.26. The molecule has 217 valence electrons. The van der Waals surface area contributed by atoms with Gasteiger partial charge in [0.05, 0.1) is 6.61 Å². The number of aromatic nitrogens is 4. The summed E-state index contributed by atoms with van der Waals surface area (Å²) in [6, 6.07) is 1.01. The van der Waals surface area contributed by atoms with Gasteiger partial charge < -0.3 is 40.5 Å². The van der Waals surface area contributed by atoms with Crippen molar-refractivity contribution >= 4 is 31.8 Å². The number of aliphatic hydroxyl groups is 4. The van der Waals surface area contributed by atoms with Crippen LogP contribution in [0.5, 0.6) is 0 Å². The summed E-state index contributed by atoms with van der Waals surface area (Å²) in [5.41, 5.74) is 4.45. The van der Waals surface area contributed by atoms with Gasteiger partial charge in [0, 0.05) is 12.3 Å². The predicted molar refractivity (Wildman–Crippen MR) is 127 cm³/mol. The van der Waals surface area contributed by atoms with Crippen LogP contribution in [0.2, 0.25) is 0 Å². The van der Waals surface area contributed by atoms with Gasteiger partial charge in [0.25, 0.3) is 23.4 Å².